The van der Waals surface area contributed by atoms with E-state index in [0.29, 0.717) is 31.3 Å². The maximum absolute atomic E-state index is 15.2. The van der Waals surface area contributed by atoms with Crippen LogP contribution in [0.4, 0.5) is 4.79 Å². The second-order valence-electron chi connectivity index (χ2n) is 18.9. The van der Waals surface area contributed by atoms with E-state index in [1.165, 1.54) is 53.2 Å². The van der Waals surface area contributed by atoms with E-state index >= 15 is 9.59 Å². The third-order valence-electron chi connectivity index (χ3n) is 14.4. The number of rotatable bonds is 18. The van der Waals surface area contributed by atoms with Gasteiger partial charge in [-0.05, 0) is 111 Å². The van der Waals surface area contributed by atoms with Gasteiger partial charge in [-0.25, -0.2) is 4.79 Å². The number of urea groups is 1. The lowest BCUT2D eigenvalue weighted by Gasteiger charge is -2.38. The van der Waals surface area contributed by atoms with Gasteiger partial charge in [-0.1, -0.05) is 152 Å². The summed E-state index contributed by atoms with van der Waals surface area (Å²) in [5.41, 5.74) is 5.18. The minimum atomic E-state index is -0.484. The molecule has 0 radical (unpaired) electrons. The molecule has 7 nitrogen and oxygen atoms in total. The van der Waals surface area contributed by atoms with Crippen molar-refractivity contribution in [1.82, 2.24) is 18.9 Å². The van der Waals surface area contributed by atoms with Crippen LogP contribution in [0.1, 0.15) is 150 Å². The van der Waals surface area contributed by atoms with Gasteiger partial charge < -0.3 is 9.13 Å². The van der Waals surface area contributed by atoms with E-state index in [9.17, 15) is 4.79 Å². The number of barbiturate groups is 1. The predicted octanol–water partition coefficient (Wildman–Crippen LogP) is 13.6. The Labute approximate surface area is 386 Å². The van der Waals surface area contributed by atoms with Crippen molar-refractivity contribution >= 4 is 73.3 Å². The van der Waals surface area contributed by atoms with Crippen LogP contribution >= 0.6 is 0 Å². The van der Waals surface area contributed by atoms with E-state index in [2.05, 4.69) is 148 Å². The Kier molecular flexibility index (Phi) is 14.3. The zero-order valence-electron chi connectivity index (χ0n) is 40.1. The van der Waals surface area contributed by atoms with Crippen LogP contribution in [0, 0.1) is 0 Å². The number of aromatic nitrogens is 2. The summed E-state index contributed by atoms with van der Waals surface area (Å²) >= 11 is 0. The molecule has 4 aromatic carbocycles. The Morgan fingerprint density at radius 2 is 0.969 bits per heavy atom. The molecule has 7 heteroatoms. The highest BCUT2D eigenvalue weighted by Crippen LogP contribution is 2.41. The number of carbonyl (C=O) groups is 3. The first-order chi connectivity index (χ1) is 31.6. The monoisotopic (exact) mass is 871 g/mol. The molecule has 4 amide bonds. The smallest absolute Gasteiger partial charge is 0.334 e. The predicted molar refractivity (Wildman–Crippen MR) is 272 cm³/mol. The highest BCUT2D eigenvalue weighted by atomic mass is 16.2. The molecule has 1 aliphatic carbocycles. The molecule has 6 aromatic rings. The highest BCUT2D eigenvalue weighted by molar-refractivity contribution is 6.30. The first-order valence-electron chi connectivity index (χ1n) is 25.0. The molecule has 3 atom stereocenters. The number of benzene rings is 4. The maximum Gasteiger partial charge on any atom is 0.334 e. The van der Waals surface area contributed by atoms with Crippen LogP contribution in [0.5, 0.6) is 0 Å². The summed E-state index contributed by atoms with van der Waals surface area (Å²) in [5.74, 6) is -0.938. The molecule has 340 valence electrons. The summed E-state index contributed by atoms with van der Waals surface area (Å²) in [6, 6.07) is 26.0. The fraction of sp³-hybridized carbons (Fsp3) is 0.431. The minimum absolute atomic E-state index is 0.129. The number of allylic oxidation sites excluding steroid dienone is 5. The molecule has 1 aliphatic heterocycles. The molecular formula is C58H70N4O3. The fourth-order valence-electron chi connectivity index (χ4n) is 10.9. The summed E-state index contributed by atoms with van der Waals surface area (Å²) < 4.78 is 5.00. The zero-order chi connectivity index (χ0) is 45.8. The van der Waals surface area contributed by atoms with Gasteiger partial charge in [-0.2, -0.15) is 0 Å². The second kappa shape index (κ2) is 20.2. The molecule has 2 fully saturated rings. The van der Waals surface area contributed by atoms with Gasteiger partial charge in [0.2, 0.25) is 0 Å². The second-order valence-corrected chi connectivity index (χ2v) is 18.9. The molecule has 3 unspecified atom stereocenters. The van der Waals surface area contributed by atoms with Crippen LogP contribution in [0.3, 0.4) is 0 Å². The lowest BCUT2D eigenvalue weighted by atomic mass is 9.94. The number of imide groups is 2. The van der Waals surface area contributed by atoms with Crippen molar-refractivity contribution in [3.8, 4) is 0 Å². The Bertz CT molecular complexity index is 2770. The van der Waals surface area contributed by atoms with E-state index in [1.54, 1.807) is 0 Å². The Morgan fingerprint density at radius 3 is 1.45 bits per heavy atom. The van der Waals surface area contributed by atoms with E-state index in [0.717, 1.165) is 86.1 Å². The number of hydrogen-bond donors (Lipinski definition) is 0. The molecule has 65 heavy (non-hydrogen) atoms. The van der Waals surface area contributed by atoms with Gasteiger partial charge in [-0.3, -0.25) is 19.4 Å². The highest BCUT2D eigenvalue weighted by Gasteiger charge is 2.46. The standard InChI is InChI=1S/C58H70N4O3/c1-8-12-16-23-41(7)62-57(64)55(56(63)59(58(62)65)38-15-11-4)52-44(34-36-48-46-28-17-24-42-26-19-30-50(53(42)46)60(48)39(5)21-13-9-2)32-33-45(52)35-37-49-47-29-18-25-43-27-20-31-51(54(43)47)61(49)40(6)22-14-10-3/h17-20,24-31,34-37,39-41H,8-16,21-23,32-33,38H2,1-7H3/b44-34+,45-35+,48-36+,49-37+,55-52?. The normalized spacial score (nSPS) is 18.5. The molecule has 2 aromatic heterocycles. The molecule has 2 aliphatic rings. The van der Waals surface area contributed by atoms with Crippen LogP contribution in [0.15, 0.2) is 107 Å². The van der Waals surface area contributed by atoms with E-state index < -0.39 is 17.8 Å². The van der Waals surface area contributed by atoms with Crippen LogP contribution in [0.25, 0.3) is 55.5 Å². The average molecular weight is 871 g/mol. The van der Waals surface area contributed by atoms with Crippen molar-refractivity contribution in [2.24, 2.45) is 0 Å². The number of unbranched alkanes of at least 4 members (excludes halogenated alkanes) is 5. The van der Waals surface area contributed by atoms with Crippen molar-refractivity contribution in [1.29, 1.82) is 0 Å². The molecule has 8 rings (SSSR count). The van der Waals surface area contributed by atoms with Crippen molar-refractivity contribution < 1.29 is 14.4 Å². The van der Waals surface area contributed by atoms with Crippen LogP contribution in [0.2, 0.25) is 0 Å². The van der Waals surface area contributed by atoms with Crippen LogP contribution in [-0.2, 0) is 9.59 Å². The van der Waals surface area contributed by atoms with Crippen molar-refractivity contribution in [3.05, 3.63) is 118 Å². The number of carbonyl (C=O) groups excluding carboxylic acids is 3. The van der Waals surface area contributed by atoms with E-state index in [4.69, 9.17) is 0 Å². The summed E-state index contributed by atoms with van der Waals surface area (Å²) in [6.45, 7) is 15.6. The Balaban J connectivity index is 1.39. The Morgan fingerprint density at radius 1 is 0.508 bits per heavy atom. The first-order valence-corrected chi connectivity index (χ1v) is 25.0. The van der Waals surface area contributed by atoms with Crippen molar-refractivity contribution in [3.63, 3.8) is 0 Å². The molecule has 0 bridgehead atoms. The minimum Gasteiger partial charge on any atom is -0.338 e. The SMILES string of the molecule is CCCCCC(C)N1C(=O)C(=C2/C(=C/C=c3\c4cccc5cccc(c54)n3C(C)CCCC)CC/C2=C\C=c2/c3cccc4cccc(c43)n2C(C)CCCC)C(=O)N(CCCC)C1=O. The maximum atomic E-state index is 15.2. The van der Waals surface area contributed by atoms with E-state index in [-0.39, 0.29) is 30.2 Å². The lowest BCUT2D eigenvalue weighted by Crippen LogP contribution is -2.59. The van der Waals surface area contributed by atoms with Gasteiger partial charge in [0, 0.05) is 67.9 Å². The van der Waals surface area contributed by atoms with Gasteiger partial charge in [0.25, 0.3) is 11.8 Å². The number of nitrogens with zero attached hydrogens (tertiary/aromatic N) is 4. The fourth-order valence-corrected chi connectivity index (χ4v) is 10.9. The average Bonchev–Trinajstić information content (AvgIpc) is 3.97. The third kappa shape index (κ3) is 8.64. The molecule has 3 heterocycles. The van der Waals surface area contributed by atoms with Crippen LogP contribution < -0.4 is 10.7 Å². The summed E-state index contributed by atoms with van der Waals surface area (Å²) in [7, 11) is 0. The first kappa shape index (κ1) is 45.9. The van der Waals surface area contributed by atoms with Gasteiger partial charge in [0.1, 0.15) is 5.57 Å². The molecular weight excluding hydrogens is 801 g/mol. The van der Waals surface area contributed by atoms with E-state index in [1.807, 2.05) is 6.92 Å². The quantitative estimate of drug-likeness (QED) is 0.0491. The van der Waals surface area contributed by atoms with Gasteiger partial charge in [-0.15, -0.1) is 0 Å². The molecule has 1 saturated carbocycles. The zero-order valence-corrected chi connectivity index (χ0v) is 40.1. The number of amides is 4. The molecule has 0 spiro atoms. The number of hydrogen-bond acceptors (Lipinski definition) is 3. The van der Waals surface area contributed by atoms with Gasteiger partial charge in [0.15, 0.2) is 0 Å². The summed E-state index contributed by atoms with van der Waals surface area (Å²) in [4.78, 5) is 47.3. The lowest BCUT2D eigenvalue weighted by molar-refractivity contribution is -0.137. The van der Waals surface area contributed by atoms with Crippen LogP contribution in [-0.4, -0.2) is 49.4 Å². The largest absolute Gasteiger partial charge is 0.338 e. The molecule has 1 saturated heterocycles. The van der Waals surface area contributed by atoms with Gasteiger partial charge in [0.05, 0.1) is 0 Å². The van der Waals surface area contributed by atoms with Gasteiger partial charge >= 0.3 is 6.03 Å². The Hall–Kier alpha value is -5.69. The topological polar surface area (TPSA) is 67.6 Å². The summed E-state index contributed by atoms with van der Waals surface area (Å²) in [6.07, 6.45) is 22.0. The van der Waals surface area contributed by atoms with Crippen molar-refractivity contribution in [2.75, 3.05) is 6.54 Å². The van der Waals surface area contributed by atoms with Crippen molar-refractivity contribution in [2.45, 2.75) is 156 Å². The summed E-state index contributed by atoms with van der Waals surface area (Å²) in [5, 5.41) is 9.64. The molecule has 0 N–H and O–H groups in total. The third-order valence-corrected chi connectivity index (χ3v) is 14.4.